The van der Waals surface area contributed by atoms with E-state index in [1.807, 2.05) is 0 Å². The maximum atomic E-state index is 13.0. The standard InChI is InChI=1S/C8H14FNO2/c1-5(9)8(10,7(11)12)6-3-2-4-6/h5-6H,2-4,10H2,1H3,(H,11,12). The lowest BCUT2D eigenvalue weighted by atomic mass is 9.69. The third-order valence-electron chi connectivity index (χ3n) is 2.81. The average Bonchev–Trinajstić information content (AvgIpc) is 1.82. The van der Waals surface area contributed by atoms with Crippen LogP contribution in [0.15, 0.2) is 0 Å². The Morgan fingerprint density at radius 2 is 2.25 bits per heavy atom. The highest BCUT2D eigenvalue weighted by molar-refractivity contribution is 5.80. The van der Waals surface area contributed by atoms with Crippen LogP contribution < -0.4 is 5.73 Å². The average molecular weight is 175 g/mol. The second-order valence-corrected chi connectivity index (χ2v) is 3.48. The minimum atomic E-state index is -1.65. The SMILES string of the molecule is CC(F)C(N)(C(=O)O)C1CCC1. The summed E-state index contributed by atoms with van der Waals surface area (Å²) in [5.74, 6) is -1.41. The number of hydrogen-bond donors (Lipinski definition) is 2. The highest BCUT2D eigenvalue weighted by Crippen LogP contribution is 2.37. The van der Waals surface area contributed by atoms with Gasteiger partial charge in [0.2, 0.25) is 0 Å². The lowest BCUT2D eigenvalue weighted by Crippen LogP contribution is -2.61. The van der Waals surface area contributed by atoms with Gasteiger partial charge in [-0.05, 0) is 25.7 Å². The first-order valence-electron chi connectivity index (χ1n) is 4.16. The van der Waals surface area contributed by atoms with E-state index in [0.717, 1.165) is 19.3 Å². The molecule has 0 aromatic heterocycles. The van der Waals surface area contributed by atoms with Gasteiger partial charge in [-0.3, -0.25) is 4.79 Å². The van der Waals surface area contributed by atoms with Crippen molar-refractivity contribution in [2.24, 2.45) is 11.7 Å². The van der Waals surface area contributed by atoms with Crippen LogP contribution >= 0.6 is 0 Å². The van der Waals surface area contributed by atoms with Gasteiger partial charge in [0.15, 0.2) is 0 Å². The summed E-state index contributed by atoms with van der Waals surface area (Å²) in [6.07, 6.45) is 0.942. The molecule has 0 radical (unpaired) electrons. The molecule has 0 bridgehead atoms. The zero-order valence-electron chi connectivity index (χ0n) is 7.09. The van der Waals surface area contributed by atoms with E-state index in [1.165, 1.54) is 6.92 Å². The minimum Gasteiger partial charge on any atom is -0.480 e. The predicted molar refractivity (Wildman–Crippen MR) is 42.5 cm³/mol. The zero-order valence-corrected chi connectivity index (χ0v) is 7.09. The van der Waals surface area contributed by atoms with Crippen molar-refractivity contribution >= 4 is 5.97 Å². The molecule has 1 aliphatic carbocycles. The lowest BCUT2D eigenvalue weighted by molar-refractivity contribution is -0.150. The molecule has 1 aliphatic rings. The third-order valence-corrected chi connectivity index (χ3v) is 2.81. The molecular weight excluding hydrogens is 161 g/mol. The van der Waals surface area contributed by atoms with Crippen molar-refractivity contribution in [2.45, 2.75) is 37.9 Å². The summed E-state index contributed by atoms with van der Waals surface area (Å²) in [6, 6.07) is 0. The first kappa shape index (κ1) is 9.45. The molecule has 3 nitrogen and oxygen atoms in total. The minimum absolute atomic E-state index is 0.185. The number of carboxylic acid groups (broad SMARTS) is 1. The summed E-state index contributed by atoms with van der Waals surface area (Å²) >= 11 is 0. The van der Waals surface area contributed by atoms with Gasteiger partial charge >= 0.3 is 5.97 Å². The fourth-order valence-corrected chi connectivity index (χ4v) is 1.56. The topological polar surface area (TPSA) is 63.3 Å². The molecule has 1 fully saturated rings. The maximum absolute atomic E-state index is 13.0. The molecule has 2 unspecified atom stereocenters. The Morgan fingerprint density at radius 1 is 1.75 bits per heavy atom. The van der Waals surface area contributed by atoms with Crippen molar-refractivity contribution in [3.05, 3.63) is 0 Å². The highest BCUT2D eigenvalue weighted by Gasteiger charge is 2.49. The van der Waals surface area contributed by atoms with Crippen molar-refractivity contribution in [2.75, 3.05) is 0 Å². The van der Waals surface area contributed by atoms with Gasteiger partial charge in [-0.1, -0.05) is 6.42 Å². The molecule has 4 heteroatoms. The molecule has 0 spiro atoms. The van der Waals surface area contributed by atoms with Crippen molar-refractivity contribution in [3.8, 4) is 0 Å². The van der Waals surface area contributed by atoms with Crippen LogP contribution in [0.1, 0.15) is 26.2 Å². The van der Waals surface area contributed by atoms with E-state index in [4.69, 9.17) is 10.8 Å². The Kier molecular flexibility index (Phi) is 2.37. The van der Waals surface area contributed by atoms with Gasteiger partial charge in [0.05, 0.1) is 0 Å². The van der Waals surface area contributed by atoms with Gasteiger partial charge in [0.1, 0.15) is 11.7 Å². The van der Waals surface area contributed by atoms with Crippen LogP contribution in [0.5, 0.6) is 0 Å². The van der Waals surface area contributed by atoms with Crippen molar-refractivity contribution in [3.63, 3.8) is 0 Å². The first-order valence-corrected chi connectivity index (χ1v) is 4.16. The number of hydrogen-bond acceptors (Lipinski definition) is 2. The number of nitrogens with two attached hydrogens (primary N) is 1. The van der Waals surface area contributed by atoms with Crippen molar-refractivity contribution in [1.82, 2.24) is 0 Å². The number of carboxylic acids is 1. The summed E-state index contributed by atoms with van der Waals surface area (Å²) < 4.78 is 13.0. The predicted octanol–water partition coefficient (Wildman–Crippen LogP) is 0.927. The van der Waals surface area contributed by atoms with Gasteiger partial charge < -0.3 is 10.8 Å². The number of alkyl halides is 1. The second kappa shape index (κ2) is 3.01. The Labute approximate surface area is 70.7 Å². The van der Waals surface area contributed by atoms with E-state index >= 15 is 0 Å². The van der Waals surface area contributed by atoms with Crippen LogP contribution in [0.25, 0.3) is 0 Å². The fourth-order valence-electron chi connectivity index (χ4n) is 1.56. The molecule has 70 valence electrons. The molecule has 0 amide bonds. The smallest absolute Gasteiger partial charge is 0.327 e. The van der Waals surface area contributed by atoms with Crippen LogP contribution in [0, 0.1) is 5.92 Å². The van der Waals surface area contributed by atoms with Gasteiger partial charge in [-0.25, -0.2) is 4.39 Å². The van der Waals surface area contributed by atoms with E-state index in [2.05, 4.69) is 0 Å². The molecule has 0 saturated heterocycles. The van der Waals surface area contributed by atoms with Gasteiger partial charge in [0.25, 0.3) is 0 Å². The Bertz CT molecular complexity index is 191. The van der Waals surface area contributed by atoms with Crippen LogP contribution in [0.4, 0.5) is 4.39 Å². The van der Waals surface area contributed by atoms with Gasteiger partial charge in [-0.15, -0.1) is 0 Å². The molecule has 0 aromatic rings. The summed E-state index contributed by atoms with van der Waals surface area (Å²) in [4.78, 5) is 10.7. The zero-order chi connectivity index (χ0) is 9.35. The monoisotopic (exact) mass is 175 g/mol. The van der Waals surface area contributed by atoms with Crippen LogP contribution in [-0.2, 0) is 4.79 Å². The Morgan fingerprint density at radius 3 is 2.33 bits per heavy atom. The van der Waals surface area contributed by atoms with Crippen LogP contribution in [0.3, 0.4) is 0 Å². The maximum Gasteiger partial charge on any atom is 0.327 e. The lowest BCUT2D eigenvalue weighted by Gasteiger charge is -2.40. The molecule has 0 aliphatic heterocycles. The van der Waals surface area contributed by atoms with Crippen LogP contribution in [0.2, 0.25) is 0 Å². The van der Waals surface area contributed by atoms with Gasteiger partial charge in [0, 0.05) is 0 Å². The fraction of sp³-hybridized carbons (Fsp3) is 0.875. The summed E-state index contributed by atoms with van der Waals surface area (Å²) in [5, 5.41) is 8.77. The normalized spacial score (nSPS) is 25.6. The molecule has 12 heavy (non-hydrogen) atoms. The van der Waals surface area contributed by atoms with E-state index in [0.29, 0.717) is 0 Å². The molecule has 1 saturated carbocycles. The largest absolute Gasteiger partial charge is 0.480 e. The Balaban J connectivity index is 2.77. The highest BCUT2D eigenvalue weighted by atomic mass is 19.1. The summed E-state index contributed by atoms with van der Waals surface area (Å²) in [5.41, 5.74) is 3.86. The number of aliphatic carboxylic acids is 1. The quantitative estimate of drug-likeness (QED) is 0.670. The summed E-state index contributed by atoms with van der Waals surface area (Å²) in [6.45, 7) is 1.21. The second-order valence-electron chi connectivity index (χ2n) is 3.48. The number of halogens is 1. The molecule has 0 heterocycles. The molecule has 3 N–H and O–H groups in total. The Hall–Kier alpha value is -0.640. The van der Waals surface area contributed by atoms with E-state index in [1.54, 1.807) is 0 Å². The van der Waals surface area contributed by atoms with E-state index in [-0.39, 0.29) is 5.92 Å². The molecule has 1 rings (SSSR count). The van der Waals surface area contributed by atoms with E-state index < -0.39 is 17.7 Å². The number of carbonyl (C=O) groups is 1. The first-order chi connectivity index (χ1) is 5.49. The van der Waals surface area contributed by atoms with E-state index in [9.17, 15) is 9.18 Å². The number of rotatable bonds is 3. The van der Waals surface area contributed by atoms with Crippen molar-refractivity contribution < 1.29 is 14.3 Å². The third kappa shape index (κ3) is 1.20. The van der Waals surface area contributed by atoms with Crippen LogP contribution in [-0.4, -0.2) is 22.8 Å². The molecule has 2 atom stereocenters. The molecule has 0 aromatic carbocycles. The summed E-state index contributed by atoms with van der Waals surface area (Å²) in [7, 11) is 0. The van der Waals surface area contributed by atoms with Gasteiger partial charge in [-0.2, -0.15) is 0 Å². The van der Waals surface area contributed by atoms with Crippen molar-refractivity contribution in [1.29, 1.82) is 0 Å². The molecular formula is C8H14FNO2.